The van der Waals surface area contributed by atoms with Crippen LogP contribution in [0.5, 0.6) is 0 Å². The highest BCUT2D eigenvalue weighted by Gasteiger charge is 2.40. The standard InChI is InChI=1S/C28H28N2O2/c1-4-5-11-21-15-17-23(18-16-21)30-27(31)25(22-12-7-6-8-13-22)26(28(30)32)29-24-14-9-10-19(2)20(24)3/h6-10,12-18,29H,4-5,11H2,1-3H3. The number of unbranched alkanes of at least 4 members (excludes halogenated alkanes) is 1. The zero-order chi connectivity index (χ0) is 22.7. The molecule has 0 fully saturated rings. The van der Waals surface area contributed by atoms with Crippen molar-refractivity contribution in [1.82, 2.24) is 0 Å². The lowest BCUT2D eigenvalue weighted by atomic mass is 10.0. The second-order valence-corrected chi connectivity index (χ2v) is 8.20. The Balaban J connectivity index is 1.74. The number of aryl methyl sites for hydroxylation is 2. The molecule has 0 saturated carbocycles. The molecular weight excluding hydrogens is 396 g/mol. The predicted octanol–water partition coefficient (Wildman–Crippen LogP) is 6.04. The molecule has 0 spiro atoms. The average molecular weight is 425 g/mol. The third kappa shape index (κ3) is 4.09. The molecule has 1 N–H and O–H groups in total. The highest BCUT2D eigenvalue weighted by atomic mass is 16.2. The van der Waals surface area contributed by atoms with E-state index < -0.39 is 0 Å². The van der Waals surface area contributed by atoms with Gasteiger partial charge in [0.15, 0.2) is 0 Å². The van der Waals surface area contributed by atoms with E-state index in [1.165, 1.54) is 10.5 Å². The zero-order valence-electron chi connectivity index (χ0n) is 18.8. The van der Waals surface area contributed by atoms with Crippen molar-refractivity contribution < 1.29 is 9.59 Å². The highest BCUT2D eigenvalue weighted by Crippen LogP contribution is 2.34. The van der Waals surface area contributed by atoms with Crippen LogP contribution in [0.4, 0.5) is 11.4 Å². The van der Waals surface area contributed by atoms with Crippen LogP contribution in [0.3, 0.4) is 0 Å². The first-order valence-corrected chi connectivity index (χ1v) is 11.1. The maximum Gasteiger partial charge on any atom is 0.282 e. The lowest BCUT2D eigenvalue weighted by molar-refractivity contribution is -0.120. The van der Waals surface area contributed by atoms with E-state index >= 15 is 0 Å². The van der Waals surface area contributed by atoms with Crippen molar-refractivity contribution >= 4 is 28.8 Å². The molecule has 162 valence electrons. The molecule has 1 aliphatic heterocycles. The molecule has 0 atom stereocenters. The average Bonchev–Trinajstić information content (AvgIpc) is 3.05. The molecule has 3 aromatic carbocycles. The first-order valence-electron chi connectivity index (χ1n) is 11.1. The first-order chi connectivity index (χ1) is 15.5. The molecule has 1 aliphatic rings. The lowest BCUT2D eigenvalue weighted by Crippen LogP contribution is -2.32. The van der Waals surface area contributed by atoms with Crippen LogP contribution in [0.1, 0.15) is 42.0 Å². The lowest BCUT2D eigenvalue weighted by Gasteiger charge is -2.16. The van der Waals surface area contributed by atoms with E-state index in [1.54, 1.807) is 0 Å². The molecule has 0 unspecified atom stereocenters. The van der Waals surface area contributed by atoms with Crippen LogP contribution in [0, 0.1) is 13.8 Å². The molecule has 3 aromatic rings. The van der Waals surface area contributed by atoms with Gasteiger partial charge in [-0.1, -0.05) is 67.9 Å². The number of amides is 2. The molecular formula is C28H28N2O2. The number of anilines is 2. The molecule has 0 aromatic heterocycles. The summed E-state index contributed by atoms with van der Waals surface area (Å²) in [6, 6.07) is 23.0. The fourth-order valence-electron chi connectivity index (χ4n) is 3.97. The number of carbonyl (C=O) groups is 2. The van der Waals surface area contributed by atoms with Gasteiger partial charge in [-0.3, -0.25) is 9.59 Å². The number of imide groups is 1. The number of nitrogens with zero attached hydrogens (tertiary/aromatic N) is 1. The maximum atomic E-state index is 13.5. The van der Waals surface area contributed by atoms with Crippen molar-refractivity contribution in [3.63, 3.8) is 0 Å². The minimum absolute atomic E-state index is 0.310. The summed E-state index contributed by atoms with van der Waals surface area (Å²) < 4.78 is 0. The van der Waals surface area contributed by atoms with Crippen LogP contribution < -0.4 is 10.2 Å². The van der Waals surface area contributed by atoms with Crippen LogP contribution in [0.2, 0.25) is 0 Å². The molecule has 0 saturated heterocycles. The number of benzene rings is 3. The summed E-state index contributed by atoms with van der Waals surface area (Å²) in [6.45, 7) is 6.20. The Kier molecular flexibility index (Phi) is 6.22. The molecule has 32 heavy (non-hydrogen) atoms. The van der Waals surface area contributed by atoms with Gasteiger partial charge in [-0.15, -0.1) is 0 Å². The Morgan fingerprint density at radius 1 is 0.812 bits per heavy atom. The Bertz CT molecular complexity index is 1180. The van der Waals surface area contributed by atoms with Gasteiger partial charge < -0.3 is 5.32 Å². The van der Waals surface area contributed by atoms with Gasteiger partial charge in [0.05, 0.1) is 11.3 Å². The van der Waals surface area contributed by atoms with Crippen LogP contribution in [0.15, 0.2) is 78.5 Å². The van der Waals surface area contributed by atoms with Gasteiger partial charge in [-0.2, -0.15) is 0 Å². The summed E-state index contributed by atoms with van der Waals surface area (Å²) in [4.78, 5) is 28.4. The third-order valence-electron chi connectivity index (χ3n) is 6.02. The van der Waals surface area contributed by atoms with E-state index in [0.717, 1.165) is 41.6 Å². The van der Waals surface area contributed by atoms with E-state index in [4.69, 9.17) is 0 Å². The largest absolute Gasteiger partial charge is 0.350 e. The Hall–Kier alpha value is -3.66. The predicted molar refractivity (Wildman–Crippen MR) is 130 cm³/mol. The third-order valence-corrected chi connectivity index (χ3v) is 6.02. The zero-order valence-corrected chi connectivity index (χ0v) is 18.8. The van der Waals surface area contributed by atoms with E-state index in [2.05, 4.69) is 12.2 Å². The van der Waals surface area contributed by atoms with Gasteiger partial charge in [-0.05, 0) is 67.1 Å². The van der Waals surface area contributed by atoms with Crippen molar-refractivity contribution in [3.05, 3.63) is 101 Å². The first kappa shape index (κ1) is 21.6. The van der Waals surface area contributed by atoms with E-state index in [1.807, 2.05) is 86.6 Å². The normalized spacial score (nSPS) is 13.8. The smallest absolute Gasteiger partial charge is 0.282 e. The van der Waals surface area contributed by atoms with Crippen LogP contribution in [-0.2, 0) is 16.0 Å². The van der Waals surface area contributed by atoms with Crippen molar-refractivity contribution in [2.24, 2.45) is 0 Å². The number of hydrogen-bond acceptors (Lipinski definition) is 3. The van der Waals surface area contributed by atoms with Gasteiger partial charge in [0, 0.05) is 5.69 Å². The topological polar surface area (TPSA) is 49.4 Å². The second kappa shape index (κ2) is 9.23. The highest BCUT2D eigenvalue weighted by molar-refractivity contribution is 6.46. The Morgan fingerprint density at radius 2 is 1.53 bits per heavy atom. The van der Waals surface area contributed by atoms with Gasteiger partial charge in [0.25, 0.3) is 11.8 Å². The van der Waals surface area contributed by atoms with Crippen molar-refractivity contribution in [2.75, 3.05) is 10.2 Å². The fourth-order valence-corrected chi connectivity index (χ4v) is 3.97. The summed E-state index contributed by atoms with van der Waals surface area (Å²) >= 11 is 0. The quantitative estimate of drug-likeness (QED) is 0.470. The SMILES string of the molecule is CCCCc1ccc(N2C(=O)C(Nc3cccc(C)c3C)=C(c3ccccc3)C2=O)cc1. The Morgan fingerprint density at radius 3 is 2.22 bits per heavy atom. The van der Waals surface area contributed by atoms with Gasteiger partial charge >= 0.3 is 0 Å². The van der Waals surface area contributed by atoms with Crippen molar-refractivity contribution in [2.45, 2.75) is 40.0 Å². The van der Waals surface area contributed by atoms with Crippen molar-refractivity contribution in [3.8, 4) is 0 Å². The number of carbonyl (C=O) groups excluding carboxylic acids is 2. The van der Waals surface area contributed by atoms with Gasteiger partial charge in [0.2, 0.25) is 0 Å². The van der Waals surface area contributed by atoms with E-state index in [-0.39, 0.29) is 11.8 Å². The van der Waals surface area contributed by atoms with Crippen LogP contribution >= 0.6 is 0 Å². The number of nitrogens with one attached hydrogen (secondary N) is 1. The number of rotatable bonds is 7. The molecule has 4 heteroatoms. The summed E-state index contributed by atoms with van der Waals surface area (Å²) in [5.41, 5.74) is 6.22. The molecule has 1 heterocycles. The monoisotopic (exact) mass is 424 g/mol. The van der Waals surface area contributed by atoms with Crippen molar-refractivity contribution in [1.29, 1.82) is 0 Å². The number of hydrogen-bond donors (Lipinski definition) is 1. The maximum absolute atomic E-state index is 13.5. The molecule has 4 rings (SSSR count). The Labute approximate surface area is 189 Å². The minimum Gasteiger partial charge on any atom is -0.350 e. The summed E-state index contributed by atoms with van der Waals surface area (Å²) in [5, 5.41) is 3.29. The molecule has 0 radical (unpaired) electrons. The van der Waals surface area contributed by atoms with Crippen LogP contribution in [-0.4, -0.2) is 11.8 Å². The summed E-state index contributed by atoms with van der Waals surface area (Å²) in [7, 11) is 0. The second-order valence-electron chi connectivity index (χ2n) is 8.20. The van der Waals surface area contributed by atoms with Crippen LogP contribution in [0.25, 0.3) is 5.57 Å². The molecule has 0 aliphatic carbocycles. The molecule has 4 nitrogen and oxygen atoms in total. The summed E-state index contributed by atoms with van der Waals surface area (Å²) in [6.07, 6.45) is 3.23. The molecule has 0 bridgehead atoms. The minimum atomic E-state index is -0.337. The van der Waals surface area contributed by atoms with Gasteiger partial charge in [-0.25, -0.2) is 4.90 Å². The van der Waals surface area contributed by atoms with E-state index in [0.29, 0.717) is 17.0 Å². The fraction of sp³-hybridized carbons (Fsp3) is 0.214. The van der Waals surface area contributed by atoms with Gasteiger partial charge in [0.1, 0.15) is 5.70 Å². The van der Waals surface area contributed by atoms with E-state index in [9.17, 15) is 9.59 Å². The summed E-state index contributed by atoms with van der Waals surface area (Å²) in [5.74, 6) is -0.647. The molecule has 2 amide bonds.